The van der Waals surface area contributed by atoms with Crippen molar-refractivity contribution in [2.75, 3.05) is 0 Å². The van der Waals surface area contributed by atoms with E-state index in [1.807, 2.05) is 41.9 Å². The number of aromatic nitrogens is 1. The molecule has 4 rings (SSSR count). The van der Waals surface area contributed by atoms with Crippen LogP contribution in [0.3, 0.4) is 0 Å². The maximum atomic E-state index is 13.0. The van der Waals surface area contributed by atoms with Crippen molar-refractivity contribution in [1.29, 1.82) is 0 Å². The van der Waals surface area contributed by atoms with E-state index in [2.05, 4.69) is 10.3 Å². The predicted molar refractivity (Wildman–Crippen MR) is 112 cm³/mol. The molecule has 0 unspecified atom stereocenters. The number of rotatable bonds is 4. The van der Waals surface area contributed by atoms with Gasteiger partial charge in [0.1, 0.15) is 0 Å². The highest BCUT2D eigenvalue weighted by molar-refractivity contribution is 7.08. The number of hydrogen-bond acceptors (Lipinski definition) is 3. The molecule has 1 amide bonds. The van der Waals surface area contributed by atoms with Crippen LogP contribution in [0, 0.1) is 6.92 Å². The quantitative estimate of drug-likeness (QED) is 0.421. The number of nitrogens with one attached hydrogen (secondary N) is 1. The number of carbonyl (C=O) groups is 1. The van der Waals surface area contributed by atoms with Crippen LogP contribution in [-0.2, 0) is 12.7 Å². The number of aryl methyl sites for hydroxylation is 1. The van der Waals surface area contributed by atoms with Crippen LogP contribution in [0.15, 0.2) is 65.4 Å². The van der Waals surface area contributed by atoms with E-state index in [0.717, 1.165) is 23.3 Å². The van der Waals surface area contributed by atoms with Gasteiger partial charge in [0.2, 0.25) is 0 Å². The topological polar surface area (TPSA) is 42.0 Å². The third-order valence-electron chi connectivity index (χ3n) is 4.73. The number of carbonyl (C=O) groups excluding carboxylic acids is 1. The summed E-state index contributed by atoms with van der Waals surface area (Å²) in [5.74, 6) is -0.359. The van der Waals surface area contributed by atoms with Gasteiger partial charge in [0, 0.05) is 22.9 Å². The molecule has 2 aromatic heterocycles. The maximum absolute atomic E-state index is 13.0. The number of benzene rings is 2. The summed E-state index contributed by atoms with van der Waals surface area (Å²) in [5.41, 5.74) is 3.35. The Bertz CT molecular complexity index is 1220. The van der Waals surface area contributed by atoms with Gasteiger partial charge < -0.3 is 5.32 Å². The number of fused-ring (bicyclic) bond motifs is 1. The molecule has 0 aliphatic carbocycles. The fourth-order valence-corrected chi connectivity index (χ4v) is 3.87. The monoisotopic (exact) mass is 426 g/mol. The van der Waals surface area contributed by atoms with Crippen LogP contribution in [0.4, 0.5) is 13.2 Å². The van der Waals surface area contributed by atoms with Gasteiger partial charge in [-0.15, -0.1) is 0 Å². The number of pyridine rings is 1. The Labute approximate surface area is 175 Å². The molecule has 3 nitrogen and oxygen atoms in total. The highest BCUT2D eigenvalue weighted by atomic mass is 32.1. The molecule has 0 aliphatic rings. The van der Waals surface area contributed by atoms with E-state index in [0.29, 0.717) is 27.7 Å². The number of nitrogens with zero attached hydrogens (tertiary/aromatic N) is 1. The van der Waals surface area contributed by atoms with Crippen LogP contribution in [0.5, 0.6) is 0 Å². The van der Waals surface area contributed by atoms with Gasteiger partial charge in [0.25, 0.3) is 5.91 Å². The fourth-order valence-electron chi connectivity index (χ4n) is 3.22. The third kappa shape index (κ3) is 4.21. The first kappa shape index (κ1) is 20.1. The van der Waals surface area contributed by atoms with Crippen LogP contribution in [0.25, 0.3) is 22.2 Å². The minimum absolute atomic E-state index is 0.00777. The van der Waals surface area contributed by atoms with E-state index in [-0.39, 0.29) is 12.5 Å². The largest absolute Gasteiger partial charge is 0.416 e. The molecule has 7 heteroatoms. The zero-order valence-electron chi connectivity index (χ0n) is 16.0. The lowest BCUT2D eigenvalue weighted by atomic mass is 10.0. The summed E-state index contributed by atoms with van der Waals surface area (Å²) in [4.78, 5) is 17.6. The third-order valence-corrected chi connectivity index (χ3v) is 5.42. The number of alkyl halides is 3. The van der Waals surface area contributed by atoms with Gasteiger partial charge in [-0.2, -0.15) is 24.5 Å². The highest BCUT2D eigenvalue weighted by Crippen LogP contribution is 2.30. The van der Waals surface area contributed by atoms with E-state index in [9.17, 15) is 18.0 Å². The van der Waals surface area contributed by atoms with Crippen LogP contribution in [0.2, 0.25) is 0 Å². The van der Waals surface area contributed by atoms with E-state index in [1.165, 1.54) is 17.4 Å². The molecule has 0 bridgehead atoms. The second-order valence-corrected chi connectivity index (χ2v) is 7.75. The van der Waals surface area contributed by atoms with Crippen molar-refractivity contribution in [1.82, 2.24) is 10.3 Å². The van der Waals surface area contributed by atoms with Crippen molar-refractivity contribution in [3.63, 3.8) is 0 Å². The van der Waals surface area contributed by atoms with Crippen LogP contribution < -0.4 is 5.32 Å². The summed E-state index contributed by atoms with van der Waals surface area (Å²) >= 11 is 1.53. The number of hydrogen-bond donors (Lipinski definition) is 1. The minimum Gasteiger partial charge on any atom is -0.348 e. The van der Waals surface area contributed by atoms with Gasteiger partial charge in [-0.3, -0.25) is 4.79 Å². The van der Waals surface area contributed by atoms with Gasteiger partial charge >= 0.3 is 6.18 Å². The minimum atomic E-state index is -4.42. The molecular weight excluding hydrogens is 409 g/mol. The molecule has 4 aromatic rings. The van der Waals surface area contributed by atoms with E-state index in [1.54, 1.807) is 12.1 Å². The lowest BCUT2D eigenvalue weighted by Crippen LogP contribution is -2.23. The summed E-state index contributed by atoms with van der Waals surface area (Å²) in [6.07, 6.45) is -4.42. The van der Waals surface area contributed by atoms with Gasteiger partial charge in [0.15, 0.2) is 0 Å². The Balaban J connectivity index is 1.66. The van der Waals surface area contributed by atoms with Crippen LogP contribution >= 0.6 is 11.3 Å². The second kappa shape index (κ2) is 7.91. The molecule has 2 heterocycles. The molecule has 0 saturated carbocycles. The van der Waals surface area contributed by atoms with Gasteiger partial charge in [0.05, 0.1) is 22.3 Å². The van der Waals surface area contributed by atoms with E-state index < -0.39 is 11.7 Å². The zero-order valence-corrected chi connectivity index (χ0v) is 16.8. The highest BCUT2D eigenvalue weighted by Gasteiger charge is 2.30. The molecule has 0 spiro atoms. The van der Waals surface area contributed by atoms with E-state index in [4.69, 9.17) is 0 Å². The Morgan fingerprint density at radius 1 is 1.10 bits per heavy atom. The molecule has 0 saturated heterocycles. The molecule has 0 fully saturated rings. The Kier molecular flexibility index (Phi) is 5.30. The first-order valence-electron chi connectivity index (χ1n) is 9.19. The zero-order chi connectivity index (χ0) is 21.3. The van der Waals surface area contributed by atoms with Crippen molar-refractivity contribution in [3.05, 3.63) is 87.6 Å². The van der Waals surface area contributed by atoms with Gasteiger partial charge in [-0.05, 0) is 54.3 Å². The fraction of sp³-hybridized carbons (Fsp3) is 0.130. The van der Waals surface area contributed by atoms with E-state index >= 15 is 0 Å². The lowest BCUT2D eigenvalue weighted by molar-refractivity contribution is -0.137. The van der Waals surface area contributed by atoms with Crippen molar-refractivity contribution >= 4 is 28.1 Å². The molecule has 0 radical (unpaired) electrons. The van der Waals surface area contributed by atoms with Crippen molar-refractivity contribution in [2.45, 2.75) is 19.6 Å². The number of thiophene rings is 1. The Morgan fingerprint density at radius 3 is 2.67 bits per heavy atom. The molecule has 0 aliphatic heterocycles. The standard InChI is InChI=1S/C23H17F3N2OS/c1-14-5-6-20-18(9-14)19(11-21(28-20)16-7-8-30-13-16)22(29)27-12-15-3-2-4-17(10-15)23(24,25)26/h2-11,13H,12H2,1H3,(H,27,29). The first-order valence-corrected chi connectivity index (χ1v) is 10.1. The smallest absolute Gasteiger partial charge is 0.348 e. The van der Waals surface area contributed by atoms with Gasteiger partial charge in [-0.25, -0.2) is 4.98 Å². The number of amides is 1. The lowest BCUT2D eigenvalue weighted by Gasteiger charge is -2.12. The Morgan fingerprint density at radius 2 is 1.93 bits per heavy atom. The summed E-state index contributed by atoms with van der Waals surface area (Å²) < 4.78 is 38.8. The first-order chi connectivity index (χ1) is 14.3. The summed E-state index contributed by atoms with van der Waals surface area (Å²) in [7, 11) is 0. The average molecular weight is 426 g/mol. The van der Waals surface area contributed by atoms with Crippen LogP contribution in [-0.4, -0.2) is 10.9 Å². The molecule has 2 aromatic carbocycles. The summed E-state index contributed by atoms with van der Waals surface area (Å²) in [6, 6.07) is 14.3. The van der Waals surface area contributed by atoms with Crippen molar-refractivity contribution in [3.8, 4) is 11.3 Å². The van der Waals surface area contributed by atoms with Crippen molar-refractivity contribution in [2.24, 2.45) is 0 Å². The second-order valence-electron chi connectivity index (χ2n) is 6.97. The van der Waals surface area contributed by atoms with Crippen LogP contribution in [0.1, 0.15) is 27.0 Å². The molecule has 1 N–H and O–H groups in total. The molecule has 152 valence electrons. The normalized spacial score (nSPS) is 11.6. The molecular formula is C23H17F3N2OS. The van der Waals surface area contributed by atoms with Crippen molar-refractivity contribution < 1.29 is 18.0 Å². The Hall–Kier alpha value is -3.19. The summed E-state index contributed by atoms with van der Waals surface area (Å²) in [5, 5.41) is 7.34. The average Bonchev–Trinajstić information content (AvgIpc) is 3.26. The maximum Gasteiger partial charge on any atom is 0.416 e. The van der Waals surface area contributed by atoms with Gasteiger partial charge in [-0.1, -0.05) is 23.8 Å². The SMILES string of the molecule is Cc1ccc2nc(-c3ccsc3)cc(C(=O)NCc3cccc(C(F)(F)F)c3)c2c1. The molecule has 0 atom stereocenters. The predicted octanol–water partition coefficient (Wildman–Crippen LogP) is 6.22. The molecule has 30 heavy (non-hydrogen) atoms. The number of halogens is 3. The summed E-state index contributed by atoms with van der Waals surface area (Å²) in [6.45, 7) is 1.92.